The summed E-state index contributed by atoms with van der Waals surface area (Å²) in [6.07, 6.45) is 8.52. The van der Waals surface area contributed by atoms with Crippen molar-refractivity contribution in [1.82, 2.24) is 0 Å². The van der Waals surface area contributed by atoms with E-state index in [0.717, 1.165) is 23.4 Å². The molecule has 0 fully saturated rings. The first-order valence-electron chi connectivity index (χ1n) is 6.78. The van der Waals surface area contributed by atoms with Crippen LogP contribution in [-0.2, 0) is 4.79 Å². The van der Waals surface area contributed by atoms with Gasteiger partial charge in [0.05, 0.1) is 0 Å². The summed E-state index contributed by atoms with van der Waals surface area (Å²) >= 11 is 5.99. The zero-order chi connectivity index (χ0) is 13.8. The quantitative estimate of drug-likeness (QED) is 0.757. The van der Waals surface area contributed by atoms with Gasteiger partial charge in [-0.25, -0.2) is 0 Å². The first-order valence-corrected chi connectivity index (χ1v) is 7.16. The molecule has 0 spiro atoms. The average Bonchev–Trinajstić information content (AvgIpc) is 2.39. The standard InChI is InChI=1S/C17H19ClO/c1-3-5-17(19)14-7-4-6-13(11-14)16-9-8-15(18)10-12(16)2/h4,6-10,14H,3,5,11H2,1-2H3. The summed E-state index contributed by atoms with van der Waals surface area (Å²) in [5.41, 5.74) is 3.59. The van der Waals surface area contributed by atoms with E-state index >= 15 is 0 Å². The molecule has 1 nitrogen and oxygen atoms in total. The topological polar surface area (TPSA) is 17.1 Å². The van der Waals surface area contributed by atoms with Crippen LogP contribution in [0, 0.1) is 12.8 Å². The molecule has 1 aliphatic rings. The predicted molar refractivity (Wildman–Crippen MR) is 81.3 cm³/mol. The molecule has 0 bridgehead atoms. The van der Waals surface area contributed by atoms with Crippen molar-refractivity contribution in [2.45, 2.75) is 33.1 Å². The molecule has 0 amide bonds. The van der Waals surface area contributed by atoms with Gasteiger partial charge in [-0.3, -0.25) is 4.79 Å². The van der Waals surface area contributed by atoms with Gasteiger partial charge in [0.1, 0.15) is 5.78 Å². The van der Waals surface area contributed by atoms with E-state index in [9.17, 15) is 4.79 Å². The zero-order valence-corrected chi connectivity index (χ0v) is 12.2. The lowest BCUT2D eigenvalue weighted by Gasteiger charge is -2.19. The lowest BCUT2D eigenvalue weighted by atomic mass is 9.85. The van der Waals surface area contributed by atoms with Gasteiger partial charge >= 0.3 is 0 Å². The summed E-state index contributed by atoms with van der Waals surface area (Å²) in [7, 11) is 0. The normalized spacial score (nSPS) is 18.3. The summed E-state index contributed by atoms with van der Waals surface area (Å²) in [5.74, 6) is 0.381. The van der Waals surface area contributed by atoms with E-state index in [4.69, 9.17) is 11.6 Å². The zero-order valence-electron chi connectivity index (χ0n) is 11.4. The highest BCUT2D eigenvalue weighted by Gasteiger charge is 2.19. The monoisotopic (exact) mass is 274 g/mol. The second-order valence-corrected chi connectivity index (χ2v) is 5.50. The second kappa shape index (κ2) is 6.21. The molecule has 2 heteroatoms. The van der Waals surface area contributed by atoms with Crippen molar-refractivity contribution in [3.05, 3.63) is 52.6 Å². The fourth-order valence-electron chi connectivity index (χ4n) is 2.52. The molecule has 0 saturated heterocycles. The lowest BCUT2D eigenvalue weighted by molar-refractivity contribution is -0.121. The van der Waals surface area contributed by atoms with Gasteiger partial charge in [-0.1, -0.05) is 42.8 Å². The molecule has 2 rings (SSSR count). The van der Waals surface area contributed by atoms with Gasteiger partial charge in [0.2, 0.25) is 0 Å². The molecular formula is C17H19ClO. The highest BCUT2D eigenvalue weighted by molar-refractivity contribution is 6.30. The molecule has 0 heterocycles. The number of rotatable bonds is 4. The van der Waals surface area contributed by atoms with Gasteiger partial charge in [0.25, 0.3) is 0 Å². The van der Waals surface area contributed by atoms with Crippen LogP contribution in [0.3, 0.4) is 0 Å². The van der Waals surface area contributed by atoms with E-state index < -0.39 is 0 Å². The fraction of sp³-hybridized carbons (Fsp3) is 0.353. The van der Waals surface area contributed by atoms with Crippen molar-refractivity contribution >= 4 is 23.0 Å². The van der Waals surface area contributed by atoms with Crippen molar-refractivity contribution < 1.29 is 4.79 Å². The van der Waals surface area contributed by atoms with E-state index in [-0.39, 0.29) is 5.92 Å². The first kappa shape index (κ1) is 14.1. The number of ketones is 1. The van der Waals surface area contributed by atoms with Gasteiger partial charge in [-0.2, -0.15) is 0 Å². The summed E-state index contributed by atoms with van der Waals surface area (Å²) < 4.78 is 0. The molecule has 19 heavy (non-hydrogen) atoms. The number of benzene rings is 1. The van der Waals surface area contributed by atoms with Crippen LogP contribution >= 0.6 is 11.6 Å². The molecule has 0 aliphatic heterocycles. The molecule has 100 valence electrons. The van der Waals surface area contributed by atoms with Gasteiger partial charge < -0.3 is 0 Å². The summed E-state index contributed by atoms with van der Waals surface area (Å²) in [5, 5.41) is 0.756. The summed E-state index contributed by atoms with van der Waals surface area (Å²) in [4.78, 5) is 12.0. The fourth-order valence-corrected chi connectivity index (χ4v) is 2.75. The van der Waals surface area contributed by atoms with E-state index in [1.807, 2.05) is 37.3 Å². The molecule has 1 unspecified atom stereocenters. The van der Waals surface area contributed by atoms with Crippen molar-refractivity contribution in [1.29, 1.82) is 0 Å². The van der Waals surface area contributed by atoms with E-state index in [1.165, 1.54) is 11.1 Å². The van der Waals surface area contributed by atoms with Crippen molar-refractivity contribution in [2.24, 2.45) is 5.92 Å². The van der Waals surface area contributed by atoms with Gasteiger partial charge in [0.15, 0.2) is 0 Å². The highest BCUT2D eigenvalue weighted by Crippen LogP contribution is 2.31. The number of allylic oxidation sites excluding steroid dienone is 4. The predicted octanol–water partition coefficient (Wildman–Crippen LogP) is 4.98. The van der Waals surface area contributed by atoms with Crippen molar-refractivity contribution in [2.75, 3.05) is 0 Å². The highest BCUT2D eigenvalue weighted by atomic mass is 35.5. The SMILES string of the molecule is CCCC(=O)C1C=CC=C(c2ccc(Cl)cc2C)C1. The van der Waals surface area contributed by atoms with Gasteiger partial charge in [-0.05, 0) is 48.6 Å². The molecule has 0 aromatic heterocycles. The van der Waals surface area contributed by atoms with Gasteiger partial charge in [0, 0.05) is 17.4 Å². The molecule has 1 aromatic rings. The lowest BCUT2D eigenvalue weighted by Crippen LogP contribution is -2.14. The third-order valence-corrected chi connectivity index (χ3v) is 3.76. The molecule has 1 aliphatic carbocycles. The largest absolute Gasteiger partial charge is 0.299 e. The van der Waals surface area contributed by atoms with Crippen LogP contribution in [0.25, 0.3) is 5.57 Å². The Morgan fingerprint density at radius 1 is 1.42 bits per heavy atom. The van der Waals surface area contributed by atoms with Crippen LogP contribution in [0.5, 0.6) is 0 Å². The minimum Gasteiger partial charge on any atom is -0.299 e. The molecule has 0 N–H and O–H groups in total. The molecular weight excluding hydrogens is 256 g/mol. The minimum atomic E-state index is 0.0371. The Kier molecular flexibility index (Phi) is 4.60. The van der Waals surface area contributed by atoms with Crippen LogP contribution in [0.2, 0.25) is 5.02 Å². The Labute approximate surface area is 120 Å². The van der Waals surface area contributed by atoms with Crippen LogP contribution in [0.4, 0.5) is 0 Å². The second-order valence-electron chi connectivity index (χ2n) is 5.06. The third kappa shape index (κ3) is 3.36. The number of Topliss-reactive ketones (excluding diaryl/α,β-unsaturated/α-hetero) is 1. The van der Waals surface area contributed by atoms with E-state index in [2.05, 4.69) is 13.0 Å². The Hall–Kier alpha value is -1.34. The number of aryl methyl sites for hydroxylation is 1. The van der Waals surface area contributed by atoms with Crippen molar-refractivity contribution in [3.63, 3.8) is 0 Å². The number of carbonyl (C=O) groups is 1. The number of hydrogen-bond acceptors (Lipinski definition) is 1. The molecule has 1 atom stereocenters. The molecule has 1 aromatic carbocycles. The molecule has 0 radical (unpaired) electrons. The van der Waals surface area contributed by atoms with Gasteiger partial charge in [-0.15, -0.1) is 0 Å². The van der Waals surface area contributed by atoms with Crippen LogP contribution in [0.1, 0.15) is 37.3 Å². The summed E-state index contributed by atoms with van der Waals surface area (Å²) in [6, 6.07) is 5.93. The third-order valence-electron chi connectivity index (χ3n) is 3.53. The van der Waals surface area contributed by atoms with Crippen LogP contribution in [0.15, 0.2) is 36.4 Å². The molecule has 0 saturated carbocycles. The maximum Gasteiger partial charge on any atom is 0.140 e. The summed E-state index contributed by atoms with van der Waals surface area (Å²) in [6.45, 7) is 4.10. The number of halogens is 1. The number of hydrogen-bond donors (Lipinski definition) is 0. The van der Waals surface area contributed by atoms with E-state index in [0.29, 0.717) is 12.2 Å². The first-order chi connectivity index (χ1) is 9.11. The Balaban J connectivity index is 2.20. The minimum absolute atomic E-state index is 0.0371. The smallest absolute Gasteiger partial charge is 0.140 e. The maximum atomic E-state index is 12.0. The Morgan fingerprint density at radius 2 is 2.21 bits per heavy atom. The van der Waals surface area contributed by atoms with E-state index in [1.54, 1.807) is 0 Å². The van der Waals surface area contributed by atoms with Crippen LogP contribution < -0.4 is 0 Å². The van der Waals surface area contributed by atoms with Crippen molar-refractivity contribution in [3.8, 4) is 0 Å². The number of carbonyl (C=O) groups excluding carboxylic acids is 1. The Bertz CT molecular complexity index is 540. The van der Waals surface area contributed by atoms with Crippen LogP contribution in [-0.4, -0.2) is 5.78 Å². The maximum absolute atomic E-state index is 12.0. The Morgan fingerprint density at radius 3 is 2.89 bits per heavy atom. The average molecular weight is 275 g/mol.